The summed E-state index contributed by atoms with van der Waals surface area (Å²) in [7, 11) is -3.89. The van der Waals surface area contributed by atoms with Gasteiger partial charge < -0.3 is 15.0 Å². The molecule has 0 spiro atoms. The maximum absolute atomic E-state index is 14.1. The lowest BCUT2D eigenvalue weighted by molar-refractivity contribution is -0.127. The van der Waals surface area contributed by atoms with Gasteiger partial charge in [0.05, 0.1) is 36.5 Å². The van der Waals surface area contributed by atoms with Crippen molar-refractivity contribution in [2.75, 3.05) is 18.1 Å². The number of amides is 1. The first-order valence-electron chi connectivity index (χ1n) is 12.8. The number of carbonyl (C=O) groups is 1. The van der Waals surface area contributed by atoms with Crippen molar-refractivity contribution < 1.29 is 26.7 Å². The van der Waals surface area contributed by atoms with Gasteiger partial charge in [-0.15, -0.1) is 0 Å². The molecule has 1 aromatic heterocycles. The number of carbonyl (C=O) groups excluding carboxylic acids is 1. The molecule has 3 aliphatic rings. The first kappa shape index (κ1) is 26.3. The standard InChI is InChI=1S/C25H37F2N3O4S/c1-16-8-9-22(23(28-16)30-17(2)14-34-15-18(30)3)35(32,33)21-7-5-4-6-20(21)24(31)29-19-10-12-25(26,27)13-11-19/h8-9,17-21H,4-7,10-15H2,1-3H3,(H,29,31)/t17-,18-,20+,21+/m0/s1. The molecule has 196 valence electrons. The fourth-order valence-corrected chi connectivity index (χ4v) is 7.94. The van der Waals surface area contributed by atoms with Crippen LogP contribution in [0.4, 0.5) is 14.6 Å². The molecule has 10 heteroatoms. The molecule has 1 aliphatic heterocycles. The van der Waals surface area contributed by atoms with E-state index in [1.54, 1.807) is 12.1 Å². The zero-order valence-electron chi connectivity index (χ0n) is 20.8. The van der Waals surface area contributed by atoms with E-state index in [4.69, 9.17) is 4.74 Å². The summed E-state index contributed by atoms with van der Waals surface area (Å²) in [5, 5.41) is 2.04. The van der Waals surface area contributed by atoms with Crippen molar-refractivity contribution in [1.29, 1.82) is 0 Å². The minimum atomic E-state index is -3.89. The maximum atomic E-state index is 14.1. The van der Waals surface area contributed by atoms with Crippen molar-refractivity contribution in [3.63, 3.8) is 0 Å². The highest BCUT2D eigenvalue weighted by Crippen LogP contribution is 2.39. The molecule has 7 nitrogen and oxygen atoms in total. The van der Waals surface area contributed by atoms with Gasteiger partial charge in [0, 0.05) is 24.6 Å². The lowest BCUT2D eigenvalue weighted by Crippen LogP contribution is -2.51. The van der Waals surface area contributed by atoms with Crippen molar-refractivity contribution in [2.45, 2.75) is 106 Å². The van der Waals surface area contributed by atoms with Crippen LogP contribution in [0.2, 0.25) is 0 Å². The number of sulfone groups is 1. The number of alkyl halides is 2. The molecular formula is C25H37F2N3O4S. The van der Waals surface area contributed by atoms with E-state index in [0.717, 1.165) is 18.5 Å². The number of aromatic nitrogens is 1. The van der Waals surface area contributed by atoms with Crippen LogP contribution in [0.15, 0.2) is 17.0 Å². The van der Waals surface area contributed by atoms with E-state index in [0.29, 0.717) is 31.9 Å². The summed E-state index contributed by atoms with van der Waals surface area (Å²) >= 11 is 0. The average Bonchev–Trinajstić information content (AvgIpc) is 2.80. The fourth-order valence-electron chi connectivity index (χ4n) is 5.78. The minimum absolute atomic E-state index is 0.0446. The summed E-state index contributed by atoms with van der Waals surface area (Å²) in [5.74, 6) is -3.29. The van der Waals surface area contributed by atoms with E-state index in [1.165, 1.54) is 0 Å². The molecule has 0 aromatic carbocycles. The molecule has 4 atom stereocenters. The van der Waals surface area contributed by atoms with E-state index in [2.05, 4.69) is 10.3 Å². The number of rotatable bonds is 5. The molecule has 1 aromatic rings. The molecule has 0 radical (unpaired) electrons. The van der Waals surface area contributed by atoms with E-state index in [-0.39, 0.29) is 54.6 Å². The number of nitrogens with one attached hydrogen (secondary N) is 1. The van der Waals surface area contributed by atoms with Gasteiger partial charge in [-0.3, -0.25) is 4.79 Å². The Hall–Kier alpha value is -1.81. The summed E-state index contributed by atoms with van der Waals surface area (Å²) in [4.78, 5) is 20.1. The molecule has 0 unspecified atom stereocenters. The molecule has 1 saturated heterocycles. The van der Waals surface area contributed by atoms with Gasteiger partial charge in [-0.25, -0.2) is 22.2 Å². The summed E-state index contributed by atoms with van der Waals surface area (Å²) < 4.78 is 60.9. The first-order chi connectivity index (χ1) is 16.5. The highest BCUT2D eigenvalue weighted by Gasteiger charge is 2.44. The van der Waals surface area contributed by atoms with E-state index in [1.807, 2.05) is 25.7 Å². The Morgan fingerprint density at radius 2 is 1.71 bits per heavy atom. The third kappa shape index (κ3) is 5.63. The Labute approximate surface area is 206 Å². The topological polar surface area (TPSA) is 88.6 Å². The number of aryl methyl sites for hydroxylation is 1. The van der Waals surface area contributed by atoms with Crippen molar-refractivity contribution in [1.82, 2.24) is 10.3 Å². The summed E-state index contributed by atoms with van der Waals surface area (Å²) in [6, 6.07) is 2.90. The van der Waals surface area contributed by atoms with Crippen LogP contribution >= 0.6 is 0 Å². The number of nitrogens with zero attached hydrogens (tertiary/aromatic N) is 2. The van der Waals surface area contributed by atoms with Crippen LogP contribution in [0, 0.1) is 12.8 Å². The van der Waals surface area contributed by atoms with Gasteiger partial charge in [0.15, 0.2) is 9.84 Å². The van der Waals surface area contributed by atoms with Gasteiger partial charge in [-0.1, -0.05) is 12.8 Å². The fraction of sp³-hybridized carbons (Fsp3) is 0.760. The van der Waals surface area contributed by atoms with Crippen molar-refractivity contribution in [3.05, 3.63) is 17.8 Å². The van der Waals surface area contributed by atoms with Crippen molar-refractivity contribution in [3.8, 4) is 0 Å². The molecule has 2 heterocycles. The number of hydrogen-bond donors (Lipinski definition) is 1. The lowest BCUT2D eigenvalue weighted by atomic mass is 9.86. The molecule has 3 fully saturated rings. The smallest absolute Gasteiger partial charge is 0.248 e. The van der Waals surface area contributed by atoms with Crippen LogP contribution in [-0.4, -0.2) is 61.8 Å². The van der Waals surface area contributed by atoms with Crippen LogP contribution in [0.5, 0.6) is 0 Å². The van der Waals surface area contributed by atoms with Crippen LogP contribution in [0.25, 0.3) is 0 Å². The largest absolute Gasteiger partial charge is 0.377 e. The molecule has 0 bridgehead atoms. The predicted molar refractivity (Wildman–Crippen MR) is 129 cm³/mol. The second-order valence-electron chi connectivity index (χ2n) is 10.5. The molecule has 2 saturated carbocycles. The van der Waals surface area contributed by atoms with Crippen LogP contribution in [0.3, 0.4) is 0 Å². The van der Waals surface area contributed by atoms with Crippen LogP contribution < -0.4 is 10.2 Å². The first-order valence-corrected chi connectivity index (χ1v) is 14.3. The molecule has 35 heavy (non-hydrogen) atoms. The van der Waals surface area contributed by atoms with E-state index >= 15 is 0 Å². The normalized spacial score (nSPS) is 30.1. The number of pyridine rings is 1. The van der Waals surface area contributed by atoms with Gasteiger partial charge in [0.25, 0.3) is 0 Å². The number of hydrogen-bond acceptors (Lipinski definition) is 6. The molecule has 1 N–H and O–H groups in total. The Balaban J connectivity index is 1.61. The maximum Gasteiger partial charge on any atom is 0.248 e. The summed E-state index contributed by atoms with van der Waals surface area (Å²) in [5.41, 5.74) is 0.719. The predicted octanol–water partition coefficient (Wildman–Crippen LogP) is 4.03. The molecule has 4 rings (SSSR count). The SMILES string of the molecule is Cc1ccc(S(=O)(=O)[C@@H]2CCCC[C@H]2C(=O)NC2CCC(F)(F)CC2)c(N2[C@@H](C)COC[C@@H]2C)n1. The highest BCUT2D eigenvalue weighted by atomic mass is 32.2. The Morgan fingerprint density at radius 3 is 2.37 bits per heavy atom. The van der Waals surface area contributed by atoms with Crippen LogP contribution in [-0.2, 0) is 19.4 Å². The lowest BCUT2D eigenvalue weighted by Gasteiger charge is -2.41. The molecule has 2 aliphatic carbocycles. The van der Waals surface area contributed by atoms with Crippen molar-refractivity contribution >= 4 is 21.6 Å². The van der Waals surface area contributed by atoms with E-state index < -0.39 is 26.9 Å². The van der Waals surface area contributed by atoms with Crippen molar-refractivity contribution in [2.24, 2.45) is 5.92 Å². The zero-order chi connectivity index (χ0) is 25.4. The number of ether oxygens (including phenoxy) is 1. The van der Waals surface area contributed by atoms with Gasteiger partial charge in [-0.2, -0.15) is 0 Å². The third-order valence-corrected chi connectivity index (χ3v) is 9.99. The van der Waals surface area contributed by atoms with Crippen LogP contribution in [0.1, 0.15) is 70.9 Å². The summed E-state index contributed by atoms with van der Waals surface area (Å²) in [6.45, 7) is 6.77. The average molecular weight is 514 g/mol. The quantitative estimate of drug-likeness (QED) is 0.640. The van der Waals surface area contributed by atoms with E-state index in [9.17, 15) is 22.0 Å². The second kappa shape index (κ2) is 10.3. The summed E-state index contributed by atoms with van der Waals surface area (Å²) in [6.07, 6.45) is 2.27. The number of morpholine rings is 1. The van der Waals surface area contributed by atoms with Gasteiger partial charge in [-0.05, 0) is 58.6 Å². The Morgan fingerprint density at radius 1 is 1.09 bits per heavy atom. The van der Waals surface area contributed by atoms with Gasteiger partial charge >= 0.3 is 0 Å². The zero-order valence-corrected chi connectivity index (χ0v) is 21.6. The minimum Gasteiger partial charge on any atom is -0.377 e. The number of halogens is 2. The van der Waals surface area contributed by atoms with Gasteiger partial charge in [0.1, 0.15) is 10.7 Å². The van der Waals surface area contributed by atoms with Gasteiger partial charge in [0.2, 0.25) is 11.8 Å². The highest BCUT2D eigenvalue weighted by molar-refractivity contribution is 7.92. The Bertz CT molecular complexity index is 1020. The Kier molecular flexibility index (Phi) is 7.71. The molecular weight excluding hydrogens is 476 g/mol. The third-order valence-electron chi connectivity index (χ3n) is 7.70. The second-order valence-corrected chi connectivity index (χ2v) is 12.7. The number of anilines is 1. The monoisotopic (exact) mass is 513 g/mol. The molecule has 1 amide bonds.